The molecule has 1 aromatic rings. The van der Waals surface area contributed by atoms with E-state index in [0.717, 1.165) is 15.2 Å². The van der Waals surface area contributed by atoms with E-state index >= 15 is 0 Å². The summed E-state index contributed by atoms with van der Waals surface area (Å²) in [6, 6.07) is 3.82. The SMILES string of the molecule is CCc1cc(C(F)(F)F)ccc1I. The highest BCUT2D eigenvalue weighted by Crippen LogP contribution is 2.30. The molecule has 0 amide bonds. The molecule has 0 nitrogen and oxygen atoms in total. The van der Waals surface area contributed by atoms with Gasteiger partial charge in [-0.15, -0.1) is 0 Å². The fraction of sp³-hybridized carbons (Fsp3) is 0.333. The van der Waals surface area contributed by atoms with Crippen molar-refractivity contribution < 1.29 is 13.2 Å². The third kappa shape index (κ3) is 2.59. The maximum Gasteiger partial charge on any atom is 0.416 e. The van der Waals surface area contributed by atoms with Crippen molar-refractivity contribution in [2.24, 2.45) is 0 Å². The second-order valence-corrected chi connectivity index (χ2v) is 3.82. The van der Waals surface area contributed by atoms with Crippen LogP contribution in [0, 0.1) is 3.57 Å². The van der Waals surface area contributed by atoms with Crippen molar-refractivity contribution in [2.45, 2.75) is 19.5 Å². The van der Waals surface area contributed by atoms with Crippen molar-refractivity contribution in [2.75, 3.05) is 0 Å². The monoisotopic (exact) mass is 300 g/mol. The molecule has 13 heavy (non-hydrogen) atoms. The molecule has 0 radical (unpaired) electrons. The molecule has 0 aliphatic rings. The highest BCUT2D eigenvalue weighted by molar-refractivity contribution is 14.1. The van der Waals surface area contributed by atoms with Crippen LogP contribution in [0.2, 0.25) is 0 Å². The molecule has 0 N–H and O–H groups in total. The summed E-state index contributed by atoms with van der Waals surface area (Å²) < 4.78 is 37.6. The van der Waals surface area contributed by atoms with E-state index < -0.39 is 11.7 Å². The van der Waals surface area contributed by atoms with Gasteiger partial charge in [0.1, 0.15) is 0 Å². The molecular weight excluding hydrogens is 292 g/mol. The van der Waals surface area contributed by atoms with Crippen molar-refractivity contribution in [3.05, 3.63) is 32.9 Å². The van der Waals surface area contributed by atoms with E-state index in [1.807, 2.05) is 29.5 Å². The summed E-state index contributed by atoms with van der Waals surface area (Å²) in [4.78, 5) is 0. The zero-order valence-corrected chi connectivity index (χ0v) is 9.11. The first kappa shape index (κ1) is 10.8. The van der Waals surface area contributed by atoms with Gasteiger partial charge >= 0.3 is 6.18 Å². The summed E-state index contributed by atoms with van der Waals surface area (Å²) in [5.74, 6) is 0. The molecule has 0 aliphatic heterocycles. The number of aryl methyl sites for hydroxylation is 1. The van der Waals surface area contributed by atoms with Gasteiger partial charge < -0.3 is 0 Å². The molecule has 1 rings (SSSR count). The number of hydrogen-bond acceptors (Lipinski definition) is 0. The van der Waals surface area contributed by atoms with E-state index in [9.17, 15) is 13.2 Å². The average molecular weight is 300 g/mol. The topological polar surface area (TPSA) is 0 Å². The molecule has 0 unspecified atom stereocenters. The third-order valence-corrected chi connectivity index (χ3v) is 2.81. The van der Waals surface area contributed by atoms with Crippen LogP contribution < -0.4 is 0 Å². The summed E-state index contributed by atoms with van der Waals surface area (Å²) in [5, 5.41) is 0. The Kier molecular flexibility index (Phi) is 3.21. The Morgan fingerprint density at radius 1 is 1.31 bits per heavy atom. The molecule has 0 aliphatic carbocycles. The number of hydrogen-bond donors (Lipinski definition) is 0. The fourth-order valence-electron chi connectivity index (χ4n) is 1.02. The van der Waals surface area contributed by atoms with Gasteiger partial charge in [-0.05, 0) is 52.8 Å². The largest absolute Gasteiger partial charge is 0.416 e. The van der Waals surface area contributed by atoms with Crippen LogP contribution in [0.4, 0.5) is 13.2 Å². The molecule has 0 atom stereocenters. The average Bonchev–Trinajstić information content (AvgIpc) is 2.03. The van der Waals surface area contributed by atoms with Crippen LogP contribution in [0.1, 0.15) is 18.1 Å². The number of alkyl halides is 3. The Labute approximate surface area is 88.3 Å². The molecule has 72 valence electrons. The van der Waals surface area contributed by atoms with Crippen molar-refractivity contribution in [3.8, 4) is 0 Å². The highest BCUT2D eigenvalue weighted by Gasteiger charge is 2.30. The predicted molar refractivity (Wildman–Crippen MR) is 53.5 cm³/mol. The zero-order valence-electron chi connectivity index (χ0n) is 6.95. The van der Waals surface area contributed by atoms with E-state index in [0.29, 0.717) is 6.42 Å². The number of rotatable bonds is 1. The molecule has 4 heteroatoms. The minimum absolute atomic E-state index is 0.565. The smallest absolute Gasteiger partial charge is 0.166 e. The lowest BCUT2D eigenvalue weighted by Crippen LogP contribution is -2.05. The normalized spacial score (nSPS) is 11.8. The van der Waals surface area contributed by atoms with E-state index in [4.69, 9.17) is 0 Å². The van der Waals surface area contributed by atoms with Crippen LogP contribution in [0.3, 0.4) is 0 Å². The van der Waals surface area contributed by atoms with Gasteiger partial charge in [0.25, 0.3) is 0 Å². The Morgan fingerprint density at radius 2 is 1.92 bits per heavy atom. The molecular formula is C9H8F3I. The maximum absolute atomic E-state index is 12.2. The first-order valence-electron chi connectivity index (χ1n) is 3.80. The summed E-state index contributed by atoms with van der Waals surface area (Å²) in [5.41, 5.74) is 0.181. The minimum Gasteiger partial charge on any atom is -0.166 e. The van der Waals surface area contributed by atoms with Crippen LogP contribution in [0.15, 0.2) is 18.2 Å². The lowest BCUT2D eigenvalue weighted by atomic mass is 10.1. The molecule has 0 aromatic heterocycles. The summed E-state index contributed by atoms with van der Waals surface area (Å²) in [6.07, 6.45) is -3.60. The van der Waals surface area contributed by atoms with Gasteiger partial charge in [0, 0.05) is 3.57 Å². The minimum atomic E-state index is -4.23. The molecule has 0 saturated heterocycles. The van der Waals surface area contributed by atoms with Gasteiger partial charge in [0.15, 0.2) is 0 Å². The van der Waals surface area contributed by atoms with Gasteiger partial charge in [-0.3, -0.25) is 0 Å². The molecule has 0 spiro atoms. The third-order valence-electron chi connectivity index (χ3n) is 1.75. The molecule has 1 aromatic carbocycles. The zero-order chi connectivity index (χ0) is 10.1. The van der Waals surface area contributed by atoms with Gasteiger partial charge in [0.2, 0.25) is 0 Å². The Hall–Kier alpha value is -0.260. The van der Waals surface area contributed by atoms with Crippen LogP contribution in [-0.4, -0.2) is 0 Å². The molecule has 0 bridgehead atoms. The van der Waals surface area contributed by atoms with Crippen LogP contribution in [0.25, 0.3) is 0 Å². The summed E-state index contributed by atoms with van der Waals surface area (Å²) >= 11 is 2.04. The van der Waals surface area contributed by atoms with Gasteiger partial charge in [0.05, 0.1) is 5.56 Å². The van der Waals surface area contributed by atoms with Crippen LogP contribution in [0.5, 0.6) is 0 Å². The van der Waals surface area contributed by atoms with E-state index in [-0.39, 0.29) is 0 Å². The Morgan fingerprint density at radius 3 is 2.38 bits per heavy atom. The maximum atomic E-state index is 12.2. The van der Waals surface area contributed by atoms with Crippen LogP contribution >= 0.6 is 22.6 Å². The summed E-state index contributed by atoms with van der Waals surface area (Å²) in [6.45, 7) is 1.84. The van der Waals surface area contributed by atoms with Gasteiger partial charge in [-0.25, -0.2) is 0 Å². The van der Waals surface area contributed by atoms with Crippen molar-refractivity contribution >= 4 is 22.6 Å². The first-order valence-corrected chi connectivity index (χ1v) is 4.88. The standard InChI is InChI=1S/C9H8F3I/c1-2-6-5-7(9(10,11)12)3-4-8(6)13/h3-5H,2H2,1H3. The number of benzene rings is 1. The predicted octanol–water partition coefficient (Wildman–Crippen LogP) is 3.87. The highest BCUT2D eigenvalue weighted by atomic mass is 127. The van der Waals surface area contributed by atoms with Gasteiger partial charge in [-0.2, -0.15) is 13.2 Å². The van der Waals surface area contributed by atoms with Crippen molar-refractivity contribution in [3.63, 3.8) is 0 Å². The lowest BCUT2D eigenvalue weighted by molar-refractivity contribution is -0.137. The first-order chi connectivity index (χ1) is 5.95. The van der Waals surface area contributed by atoms with Crippen molar-refractivity contribution in [1.82, 2.24) is 0 Å². The Bertz CT molecular complexity index is 304. The lowest BCUT2D eigenvalue weighted by Gasteiger charge is -2.09. The molecule has 0 saturated carbocycles. The van der Waals surface area contributed by atoms with E-state index in [1.54, 1.807) is 0 Å². The van der Waals surface area contributed by atoms with E-state index in [1.165, 1.54) is 12.1 Å². The second kappa shape index (κ2) is 3.86. The molecule has 0 fully saturated rings. The quantitative estimate of drug-likeness (QED) is 0.691. The molecule has 0 heterocycles. The number of halogens is 4. The summed E-state index contributed by atoms with van der Waals surface area (Å²) in [7, 11) is 0. The fourth-order valence-corrected chi connectivity index (χ4v) is 1.74. The van der Waals surface area contributed by atoms with E-state index in [2.05, 4.69) is 0 Å². The second-order valence-electron chi connectivity index (χ2n) is 2.66. The van der Waals surface area contributed by atoms with Crippen molar-refractivity contribution in [1.29, 1.82) is 0 Å². The Balaban J connectivity index is 3.14. The van der Waals surface area contributed by atoms with Crippen LogP contribution in [-0.2, 0) is 12.6 Å². The van der Waals surface area contributed by atoms with Gasteiger partial charge in [-0.1, -0.05) is 6.92 Å².